The molecule has 1 saturated carbocycles. The number of ether oxygens (including phenoxy) is 1. The van der Waals surface area contributed by atoms with Crippen LogP contribution < -0.4 is 5.32 Å². The van der Waals surface area contributed by atoms with Gasteiger partial charge in [-0.3, -0.25) is 0 Å². The molecule has 0 aromatic rings. The molecule has 1 aliphatic carbocycles. The van der Waals surface area contributed by atoms with Crippen molar-refractivity contribution in [2.45, 2.75) is 125 Å². The summed E-state index contributed by atoms with van der Waals surface area (Å²) in [5.41, 5.74) is 15.3. The van der Waals surface area contributed by atoms with Crippen molar-refractivity contribution >= 4 is 23.5 Å². The maximum atomic E-state index is 6.48. The molecule has 1 N–H and O–H groups in total. The van der Waals surface area contributed by atoms with Crippen LogP contribution in [0.1, 0.15) is 119 Å². The van der Waals surface area contributed by atoms with Crippen molar-refractivity contribution in [1.29, 1.82) is 0 Å². The SMILES string of the molecule is C=CC(/C(CCCC)=C(\C)C1=C2C3C(=C(C)S1)CCCN23)=C(CCC)\C(SC/C(C)=C1\CCCCC1=C(C)C)=C1\CNCCO1. The van der Waals surface area contributed by atoms with Gasteiger partial charge < -0.3 is 15.0 Å². The van der Waals surface area contributed by atoms with Crippen LogP contribution in [0.5, 0.6) is 0 Å². The molecule has 4 heterocycles. The summed E-state index contributed by atoms with van der Waals surface area (Å²) in [5.74, 6) is 2.13. The van der Waals surface area contributed by atoms with E-state index in [4.69, 9.17) is 4.74 Å². The number of hydrogen-bond acceptors (Lipinski definition) is 5. The lowest BCUT2D eigenvalue weighted by molar-refractivity contribution is 0.176. The van der Waals surface area contributed by atoms with Gasteiger partial charge in [-0.1, -0.05) is 62.3 Å². The molecule has 3 saturated heterocycles. The van der Waals surface area contributed by atoms with E-state index < -0.39 is 0 Å². The summed E-state index contributed by atoms with van der Waals surface area (Å²) in [6.45, 7) is 24.6. The average molecular weight is 647 g/mol. The largest absolute Gasteiger partial charge is 0.494 e. The highest BCUT2D eigenvalue weighted by molar-refractivity contribution is 8.07. The number of hydrogen-bond donors (Lipinski definition) is 1. The van der Waals surface area contributed by atoms with Crippen molar-refractivity contribution in [1.82, 2.24) is 10.2 Å². The van der Waals surface area contributed by atoms with Crippen molar-refractivity contribution in [3.05, 3.63) is 89.0 Å². The van der Waals surface area contributed by atoms with E-state index in [1.54, 1.807) is 28.0 Å². The number of unbranched alkanes of at least 4 members (excludes halogenated alkanes) is 1. The molecule has 0 spiro atoms. The van der Waals surface area contributed by atoms with Gasteiger partial charge in [-0.05, 0) is 136 Å². The maximum absolute atomic E-state index is 6.48. The molecule has 0 amide bonds. The van der Waals surface area contributed by atoms with Crippen LogP contribution in [-0.2, 0) is 4.74 Å². The fourth-order valence-electron chi connectivity index (χ4n) is 7.82. The molecule has 5 heteroatoms. The fraction of sp³-hybridized carbons (Fsp3) is 0.600. The van der Waals surface area contributed by atoms with Crippen molar-refractivity contribution in [3.8, 4) is 0 Å². The van der Waals surface area contributed by atoms with Gasteiger partial charge in [-0.25, -0.2) is 0 Å². The summed E-state index contributed by atoms with van der Waals surface area (Å²) in [5, 5.41) is 3.62. The predicted molar refractivity (Wildman–Crippen MR) is 199 cm³/mol. The van der Waals surface area contributed by atoms with Gasteiger partial charge in [0, 0.05) is 23.7 Å². The van der Waals surface area contributed by atoms with Gasteiger partial charge in [0.15, 0.2) is 0 Å². The van der Waals surface area contributed by atoms with Gasteiger partial charge in [0.05, 0.1) is 23.2 Å². The molecule has 3 nitrogen and oxygen atoms in total. The van der Waals surface area contributed by atoms with E-state index in [1.807, 2.05) is 23.5 Å². The quantitative estimate of drug-likeness (QED) is 0.168. The first kappa shape index (κ1) is 34.5. The minimum absolute atomic E-state index is 0.583. The van der Waals surface area contributed by atoms with Gasteiger partial charge >= 0.3 is 0 Å². The lowest BCUT2D eigenvalue weighted by atomic mass is 9.85. The van der Waals surface area contributed by atoms with Crippen LogP contribution in [0.2, 0.25) is 0 Å². The molecule has 4 fully saturated rings. The topological polar surface area (TPSA) is 24.3 Å². The van der Waals surface area contributed by atoms with Gasteiger partial charge in [0.2, 0.25) is 0 Å². The Kier molecular flexibility index (Phi) is 12.2. The van der Waals surface area contributed by atoms with Crippen LogP contribution in [0.25, 0.3) is 0 Å². The number of morpholine rings is 1. The second-order valence-electron chi connectivity index (χ2n) is 13.7. The molecule has 0 aromatic carbocycles. The summed E-state index contributed by atoms with van der Waals surface area (Å²) in [7, 11) is 0. The minimum Gasteiger partial charge on any atom is -0.494 e. The second kappa shape index (κ2) is 15.8. The van der Waals surface area contributed by atoms with Gasteiger partial charge in [-0.15, -0.1) is 11.8 Å². The molecule has 0 radical (unpaired) electrons. The summed E-state index contributed by atoms with van der Waals surface area (Å²) in [6.07, 6.45) is 15.4. The molecular weight excluding hydrogens is 589 g/mol. The van der Waals surface area contributed by atoms with E-state index in [1.165, 1.54) is 100 Å². The molecular formula is C40H58N2OS2. The Balaban J connectivity index is 1.61. The Morgan fingerprint density at radius 2 is 1.80 bits per heavy atom. The summed E-state index contributed by atoms with van der Waals surface area (Å²) < 4.78 is 6.48. The monoisotopic (exact) mass is 646 g/mol. The van der Waals surface area contributed by atoms with Crippen LogP contribution in [0, 0.1) is 0 Å². The summed E-state index contributed by atoms with van der Waals surface area (Å²) >= 11 is 4.06. The highest BCUT2D eigenvalue weighted by atomic mass is 32.2. The van der Waals surface area contributed by atoms with E-state index in [0.29, 0.717) is 6.04 Å². The molecule has 5 rings (SSSR count). The average Bonchev–Trinajstić information content (AvgIpc) is 3.79. The Morgan fingerprint density at radius 1 is 1.02 bits per heavy atom. The maximum Gasteiger partial charge on any atom is 0.124 e. The smallest absolute Gasteiger partial charge is 0.124 e. The molecule has 4 aliphatic heterocycles. The Morgan fingerprint density at radius 3 is 2.47 bits per heavy atom. The van der Waals surface area contributed by atoms with E-state index in [0.717, 1.165) is 50.5 Å². The van der Waals surface area contributed by atoms with Gasteiger partial charge in [0.25, 0.3) is 0 Å². The van der Waals surface area contributed by atoms with Gasteiger partial charge in [0.1, 0.15) is 12.4 Å². The molecule has 0 bridgehead atoms. The van der Waals surface area contributed by atoms with Crippen LogP contribution in [0.15, 0.2) is 89.0 Å². The third-order valence-electron chi connectivity index (χ3n) is 10.2. The van der Waals surface area contributed by atoms with Crippen molar-refractivity contribution < 1.29 is 4.74 Å². The zero-order valence-corrected chi connectivity index (χ0v) is 31.0. The first-order valence-electron chi connectivity index (χ1n) is 17.8. The molecule has 1 unspecified atom stereocenters. The molecule has 1 atom stereocenters. The number of nitrogens with one attached hydrogen (secondary N) is 1. The van der Waals surface area contributed by atoms with Crippen LogP contribution in [0.4, 0.5) is 0 Å². The third-order valence-corrected chi connectivity index (χ3v) is 12.9. The number of fused-ring (bicyclic) bond motifs is 1. The van der Waals surface area contributed by atoms with E-state index >= 15 is 0 Å². The summed E-state index contributed by atoms with van der Waals surface area (Å²) in [4.78, 5) is 7.09. The fourth-order valence-corrected chi connectivity index (χ4v) is 10.3. The van der Waals surface area contributed by atoms with Crippen LogP contribution >= 0.6 is 23.5 Å². The molecule has 45 heavy (non-hydrogen) atoms. The van der Waals surface area contributed by atoms with Crippen LogP contribution in [-0.4, -0.2) is 42.9 Å². The highest BCUT2D eigenvalue weighted by Crippen LogP contribution is 2.57. The summed E-state index contributed by atoms with van der Waals surface area (Å²) in [6, 6.07) is 0.583. The lowest BCUT2D eigenvalue weighted by Gasteiger charge is -2.27. The first-order valence-corrected chi connectivity index (χ1v) is 19.6. The zero-order chi connectivity index (χ0) is 32.1. The Bertz CT molecular complexity index is 1390. The third kappa shape index (κ3) is 7.52. The van der Waals surface area contributed by atoms with Crippen molar-refractivity contribution in [3.63, 3.8) is 0 Å². The molecule has 246 valence electrons. The zero-order valence-electron chi connectivity index (χ0n) is 29.3. The lowest BCUT2D eigenvalue weighted by Crippen LogP contribution is -2.30. The van der Waals surface area contributed by atoms with Crippen LogP contribution in [0.3, 0.4) is 0 Å². The highest BCUT2D eigenvalue weighted by Gasteiger charge is 2.50. The standard InChI is InChI=1S/C40H58N2OS2/c1-9-12-17-33(28(7)39-38-37-34(29(8)45-39)20-15-22-42(37)38)30(11-3)35(16-10-2)40(36-24-41-21-23-43-36)44-25-27(6)32-19-14-13-18-31(32)26(4)5/h11,37,41H,3,9-10,12-25H2,1-2,4-8H3/b32-27+,33-28+,35-30+,40-36+. The molecule has 5 aliphatic rings. The number of piperidine rings is 1. The predicted octanol–water partition coefficient (Wildman–Crippen LogP) is 11.3. The number of thioether (sulfide) groups is 2. The van der Waals surface area contributed by atoms with E-state index in [2.05, 4.69) is 71.3 Å². The number of allylic oxidation sites excluding steroid dienone is 9. The first-order chi connectivity index (χ1) is 21.8. The normalized spacial score (nSPS) is 24.9. The second-order valence-corrected chi connectivity index (χ2v) is 15.9. The van der Waals surface area contributed by atoms with Gasteiger partial charge in [-0.2, -0.15) is 0 Å². The van der Waals surface area contributed by atoms with E-state index in [-0.39, 0.29) is 0 Å². The minimum atomic E-state index is 0.583. The molecule has 0 aromatic heterocycles. The van der Waals surface area contributed by atoms with Crippen molar-refractivity contribution in [2.75, 3.05) is 32.0 Å². The Hall–Kier alpha value is -1.82. The number of nitrogens with zero attached hydrogens (tertiary/aromatic N) is 1. The Labute approximate surface area is 283 Å². The van der Waals surface area contributed by atoms with E-state index in [9.17, 15) is 0 Å². The van der Waals surface area contributed by atoms with Crippen molar-refractivity contribution in [2.24, 2.45) is 0 Å². The number of rotatable bonds is 12.